The van der Waals surface area contributed by atoms with Gasteiger partial charge in [0.15, 0.2) is 0 Å². The van der Waals surface area contributed by atoms with Crippen LogP contribution in [0, 0.1) is 0 Å². The highest BCUT2D eigenvalue weighted by atomic mass is 32.2. The lowest BCUT2D eigenvalue weighted by atomic mass is 9.99. The van der Waals surface area contributed by atoms with Gasteiger partial charge in [-0.05, 0) is 24.1 Å². The monoisotopic (exact) mass is 297 g/mol. The molecular weight excluding hydrogens is 274 g/mol. The fourth-order valence-corrected chi connectivity index (χ4v) is 3.16. The van der Waals surface area contributed by atoms with Crippen molar-refractivity contribution in [3.05, 3.63) is 35.4 Å². The normalized spacial score (nSPS) is 19.6. The molecule has 1 aromatic carbocycles. The average molecular weight is 297 g/mol. The molecule has 0 spiro atoms. The first-order chi connectivity index (χ1) is 9.50. The van der Waals surface area contributed by atoms with Crippen LogP contribution in [0.25, 0.3) is 0 Å². The van der Waals surface area contributed by atoms with Gasteiger partial charge in [0.05, 0.1) is 5.75 Å². The van der Waals surface area contributed by atoms with Crippen LogP contribution in [0.5, 0.6) is 0 Å². The second kappa shape index (κ2) is 6.67. The summed E-state index contributed by atoms with van der Waals surface area (Å²) in [5, 5.41) is 6.77. The zero-order valence-corrected chi connectivity index (χ0v) is 12.9. The van der Waals surface area contributed by atoms with Gasteiger partial charge in [0.1, 0.15) is 0 Å². The third-order valence-electron chi connectivity index (χ3n) is 3.66. The molecule has 0 saturated carbocycles. The molecule has 6 heteroatoms. The number of benzene rings is 1. The summed E-state index contributed by atoms with van der Waals surface area (Å²) >= 11 is 0. The summed E-state index contributed by atoms with van der Waals surface area (Å²) in [5.74, 6) is 0.131. The summed E-state index contributed by atoms with van der Waals surface area (Å²) in [5.41, 5.74) is 2.57. The third kappa shape index (κ3) is 3.79. The van der Waals surface area contributed by atoms with E-state index in [1.807, 2.05) is 12.1 Å². The first-order valence-electron chi connectivity index (χ1n) is 6.93. The molecule has 1 aromatic rings. The molecular formula is C14H23N3O2S. The first-order valence-corrected chi connectivity index (χ1v) is 8.54. The maximum atomic E-state index is 11.8. The number of sulfonamides is 1. The van der Waals surface area contributed by atoms with Crippen LogP contribution in [0.3, 0.4) is 0 Å². The minimum Gasteiger partial charge on any atom is -0.313 e. The average Bonchev–Trinajstić information content (AvgIpc) is 2.61. The van der Waals surface area contributed by atoms with E-state index in [0.717, 1.165) is 19.5 Å². The summed E-state index contributed by atoms with van der Waals surface area (Å²) in [6, 6.07) is 8.55. The fraction of sp³-hybridized carbons (Fsp3) is 0.571. The van der Waals surface area contributed by atoms with Crippen LogP contribution < -0.4 is 10.6 Å². The van der Waals surface area contributed by atoms with Gasteiger partial charge in [0, 0.05) is 33.2 Å². The number of rotatable bonds is 5. The van der Waals surface area contributed by atoms with Gasteiger partial charge in [0.25, 0.3) is 0 Å². The minimum absolute atomic E-state index is 0.131. The van der Waals surface area contributed by atoms with Gasteiger partial charge in [-0.3, -0.25) is 0 Å². The van der Waals surface area contributed by atoms with E-state index in [-0.39, 0.29) is 11.8 Å². The molecule has 1 aliphatic rings. The predicted octanol–water partition coefficient (Wildman–Crippen LogP) is 0.702. The number of hydrogen-bond donors (Lipinski definition) is 2. The molecule has 5 nitrogen and oxygen atoms in total. The zero-order valence-electron chi connectivity index (χ0n) is 12.1. The maximum Gasteiger partial charge on any atom is 0.214 e. The van der Waals surface area contributed by atoms with E-state index in [1.165, 1.54) is 15.4 Å². The van der Waals surface area contributed by atoms with Crippen molar-refractivity contribution >= 4 is 10.0 Å². The van der Waals surface area contributed by atoms with Crippen LogP contribution in [0.4, 0.5) is 0 Å². The van der Waals surface area contributed by atoms with Crippen molar-refractivity contribution in [3.63, 3.8) is 0 Å². The molecule has 0 radical (unpaired) electrons. The minimum atomic E-state index is -3.13. The molecule has 0 fully saturated rings. The Balaban J connectivity index is 2.00. The van der Waals surface area contributed by atoms with E-state index in [4.69, 9.17) is 0 Å². The Labute approximate surface area is 121 Å². The van der Waals surface area contributed by atoms with Crippen LogP contribution in [-0.2, 0) is 16.6 Å². The van der Waals surface area contributed by atoms with Crippen molar-refractivity contribution in [2.75, 3.05) is 32.9 Å². The Morgan fingerprint density at radius 2 is 2.10 bits per heavy atom. The predicted molar refractivity (Wildman–Crippen MR) is 81.0 cm³/mol. The van der Waals surface area contributed by atoms with Crippen LogP contribution in [0.15, 0.2) is 24.3 Å². The third-order valence-corrected chi connectivity index (χ3v) is 5.50. The van der Waals surface area contributed by atoms with E-state index in [2.05, 4.69) is 22.8 Å². The van der Waals surface area contributed by atoms with Gasteiger partial charge in [-0.2, -0.15) is 0 Å². The van der Waals surface area contributed by atoms with Gasteiger partial charge >= 0.3 is 0 Å². The van der Waals surface area contributed by atoms with Crippen molar-refractivity contribution < 1.29 is 8.42 Å². The SMILES string of the molecule is CN(C)S(=O)(=O)CCNC1CCNCc2ccccc21. The summed E-state index contributed by atoms with van der Waals surface area (Å²) in [6.07, 6.45) is 0.971. The molecule has 1 atom stereocenters. The lowest BCUT2D eigenvalue weighted by Gasteiger charge is -2.19. The van der Waals surface area contributed by atoms with Crippen LogP contribution in [0.2, 0.25) is 0 Å². The summed E-state index contributed by atoms with van der Waals surface area (Å²) in [6.45, 7) is 2.29. The molecule has 1 aliphatic heterocycles. The van der Waals surface area contributed by atoms with Gasteiger partial charge in [0.2, 0.25) is 10.0 Å². The Hall–Kier alpha value is -0.950. The van der Waals surface area contributed by atoms with Crippen molar-refractivity contribution in [2.45, 2.75) is 19.0 Å². The van der Waals surface area contributed by atoms with Crippen LogP contribution >= 0.6 is 0 Å². The summed E-state index contributed by atoms with van der Waals surface area (Å²) in [4.78, 5) is 0. The molecule has 0 aromatic heterocycles. The molecule has 0 amide bonds. The zero-order chi connectivity index (χ0) is 14.6. The molecule has 0 aliphatic carbocycles. The largest absolute Gasteiger partial charge is 0.313 e. The highest BCUT2D eigenvalue weighted by Crippen LogP contribution is 2.23. The fourth-order valence-electron chi connectivity index (χ4n) is 2.42. The number of hydrogen-bond acceptors (Lipinski definition) is 4. The van der Waals surface area contributed by atoms with Gasteiger partial charge < -0.3 is 10.6 Å². The van der Waals surface area contributed by atoms with E-state index in [9.17, 15) is 8.42 Å². The summed E-state index contributed by atoms with van der Waals surface area (Å²) in [7, 11) is 0.00900. The molecule has 1 unspecified atom stereocenters. The Bertz CT molecular complexity index is 543. The molecule has 2 rings (SSSR count). The highest BCUT2D eigenvalue weighted by Gasteiger charge is 2.19. The number of nitrogens with one attached hydrogen (secondary N) is 2. The van der Waals surface area contributed by atoms with Crippen molar-refractivity contribution in [1.29, 1.82) is 0 Å². The Morgan fingerprint density at radius 3 is 2.85 bits per heavy atom. The second-order valence-electron chi connectivity index (χ2n) is 5.27. The maximum absolute atomic E-state index is 11.8. The molecule has 1 heterocycles. The topological polar surface area (TPSA) is 61.4 Å². The van der Waals surface area contributed by atoms with E-state index >= 15 is 0 Å². The quantitative estimate of drug-likeness (QED) is 0.840. The molecule has 112 valence electrons. The van der Waals surface area contributed by atoms with E-state index in [0.29, 0.717) is 6.54 Å². The van der Waals surface area contributed by atoms with Crippen LogP contribution in [0.1, 0.15) is 23.6 Å². The molecule has 0 bridgehead atoms. The Morgan fingerprint density at radius 1 is 1.35 bits per heavy atom. The second-order valence-corrected chi connectivity index (χ2v) is 7.57. The molecule has 20 heavy (non-hydrogen) atoms. The van der Waals surface area contributed by atoms with E-state index in [1.54, 1.807) is 14.1 Å². The number of fused-ring (bicyclic) bond motifs is 1. The van der Waals surface area contributed by atoms with Gasteiger partial charge in [-0.25, -0.2) is 12.7 Å². The van der Waals surface area contributed by atoms with Crippen molar-refractivity contribution in [1.82, 2.24) is 14.9 Å². The smallest absolute Gasteiger partial charge is 0.214 e. The van der Waals surface area contributed by atoms with Crippen molar-refractivity contribution in [2.24, 2.45) is 0 Å². The lowest BCUT2D eigenvalue weighted by molar-refractivity contribution is 0.493. The standard InChI is InChI=1S/C14H23N3O2S/c1-17(2)20(18,19)10-9-16-14-7-8-15-11-12-5-3-4-6-13(12)14/h3-6,14-16H,7-11H2,1-2H3. The molecule has 0 saturated heterocycles. The van der Waals surface area contributed by atoms with E-state index < -0.39 is 10.0 Å². The number of nitrogens with zero attached hydrogens (tertiary/aromatic N) is 1. The van der Waals surface area contributed by atoms with Crippen LogP contribution in [-0.4, -0.2) is 45.7 Å². The highest BCUT2D eigenvalue weighted by molar-refractivity contribution is 7.89. The summed E-state index contributed by atoms with van der Waals surface area (Å²) < 4.78 is 24.8. The van der Waals surface area contributed by atoms with Gasteiger partial charge in [-0.15, -0.1) is 0 Å². The van der Waals surface area contributed by atoms with Crippen molar-refractivity contribution in [3.8, 4) is 0 Å². The first kappa shape index (κ1) is 15.4. The molecule has 2 N–H and O–H groups in total. The van der Waals surface area contributed by atoms with Gasteiger partial charge in [-0.1, -0.05) is 24.3 Å². The Kier molecular flexibility index (Phi) is 5.15. The lowest BCUT2D eigenvalue weighted by Crippen LogP contribution is -2.33.